The molecule has 0 spiro atoms. The molecule has 2 aromatic rings. The Balaban J connectivity index is 1.83. The van der Waals surface area contributed by atoms with Gasteiger partial charge in [0.25, 0.3) is 0 Å². The van der Waals surface area contributed by atoms with E-state index < -0.39 is 0 Å². The lowest BCUT2D eigenvalue weighted by Gasteiger charge is -2.41. The molecule has 4 heteroatoms. The highest BCUT2D eigenvalue weighted by molar-refractivity contribution is 5.96. The molecule has 1 amide bonds. The first kappa shape index (κ1) is 16.4. The number of aromatic nitrogens is 1. The van der Waals surface area contributed by atoms with Crippen LogP contribution in [-0.4, -0.2) is 53.0 Å². The van der Waals surface area contributed by atoms with Crippen molar-refractivity contribution in [2.24, 2.45) is 5.92 Å². The lowest BCUT2D eigenvalue weighted by molar-refractivity contribution is -0.134. The third kappa shape index (κ3) is 2.43. The third-order valence-electron chi connectivity index (χ3n) is 5.94. The van der Waals surface area contributed by atoms with Gasteiger partial charge in [-0.15, -0.1) is 0 Å². The van der Waals surface area contributed by atoms with Crippen molar-refractivity contribution in [2.75, 3.05) is 26.7 Å². The standard InChI is InChI=1S/C21H27N3O/c1-5-23(6-2)21(25)16-11-18-17-9-7-8-15-10-14(3)24(20(15)17)13-19(18)22(4)12-16/h7-11,16,19H,5-6,12-13H2,1-4H3/t16-,19-/m1/s1. The molecule has 4 rings (SSSR count). The second kappa shape index (κ2) is 6.03. The fourth-order valence-corrected chi connectivity index (χ4v) is 4.58. The summed E-state index contributed by atoms with van der Waals surface area (Å²) < 4.78 is 2.44. The smallest absolute Gasteiger partial charge is 0.230 e. The summed E-state index contributed by atoms with van der Waals surface area (Å²) in [7, 11) is 2.16. The zero-order valence-electron chi connectivity index (χ0n) is 15.6. The molecule has 2 aliphatic rings. The maximum atomic E-state index is 12.9. The summed E-state index contributed by atoms with van der Waals surface area (Å²) in [5.41, 5.74) is 5.27. The average molecular weight is 337 g/mol. The van der Waals surface area contributed by atoms with E-state index in [0.717, 1.165) is 26.2 Å². The second-order valence-corrected chi connectivity index (χ2v) is 7.33. The summed E-state index contributed by atoms with van der Waals surface area (Å²) in [6.07, 6.45) is 2.26. The van der Waals surface area contributed by atoms with Gasteiger partial charge in [-0.1, -0.05) is 24.3 Å². The minimum absolute atomic E-state index is 0.0472. The number of aryl methyl sites for hydroxylation is 1. The Kier molecular flexibility index (Phi) is 3.95. The first-order valence-electron chi connectivity index (χ1n) is 9.35. The molecular formula is C21H27N3O. The average Bonchev–Trinajstić information content (AvgIpc) is 2.93. The predicted octanol–water partition coefficient (Wildman–Crippen LogP) is 3.15. The highest BCUT2D eigenvalue weighted by atomic mass is 16.2. The molecule has 0 bridgehead atoms. The van der Waals surface area contributed by atoms with Gasteiger partial charge in [-0.3, -0.25) is 9.69 Å². The van der Waals surface area contributed by atoms with E-state index in [1.165, 1.54) is 27.7 Å². The summed E-state index contributed by atoms with van der Waals surface area (Å²) in [4.78, 5) is 17.2. The van der Waals surface area contributed by atoms with Crippen molar-refractivity contribution in [3.05, 3.63) is 41.6 Å². The van der Waals surface area contributed by atoms with Gasteiger partial charge in [0, 0.05) is 42.8 Å². The van der Waals surface area contributed by atoms with E-state index in [1.54, 1.807) is 0 Å². The maximum Gasteiger partial charge on any atom is 0.230 e. The number of rotatable bonds is 3. The maximum absolute atomic E-state index is 12.9. The van der Waals surface area contributed by atoms with Crippen LogP contribution in [-0.2, 0) is 11.3 Å². The number of fused-ring (bicyclic) bond motifs is 2. The number of para-hydroxylation sites is 1. The van der Waals surface area contributed by atoms with Crippen LogP contribution < -0.4 is 0 Å². The molecule has 0 N–H and O–H groups in total. The molecule has 4 nitrogen and oxygen atoms in total. The Labute approximate surface area is 149 Å². The SMILES string of the molecule is CCN(CC)C(=O)[C@@H]1C=C2c3cccc4cc(C)n(c34)C[C@H]2N(C)C1. The van der Waals surface area contributed by atoms with Crippen LogP contribution in [0.5, 0.6) is 0 Å². The minimum atomic E-state index is -0.0472. The van der Waals surface area contributed by atoms with Crippen LogP contribution >= 0.6 is 0 Å². The fourth-order valence-electron chi connectivity index (χ4n) is 4.58. The zero-order valence-corrected chi connectivity index (χ0v) is 15.6. The minimum Gasteiger partial charge on any atom is -0.343 e. The molecule has 0 unspecified atom stereocenters. The van der Waals surface area contributed by atoms with Gasteiger partial charge in [-0.25, -0.2) is 0 Å². The van der Waals surface area contributed by atoms with Gasteiger partial charge in [-0.2, -0.15) is 0 Å². The fraction of sp³-hybridized carbons (Fsp3) is 0.476. The summed E-state index contributed by atoms with van der Waals surface area (Å²) in [6, 6.07) is 9.17. The van der Waals surface area contributed by atoms with Gasteiger partial charge < -0.3 is 9.47 Å². The van der Waals surface area contributed by atoms with Crippen LogP contribution in [0.15, 0.2) is 30.3 Å². The van der Waals surface area contributed by atoms with Gasteiger partial charge in [-0.05, 0) is 39.5 Å². The molecule has 25 heavy (non-hydrogen) atoms. The van der Waals surface area contributed by atoms with E-state index in [4.69, 9.17) is 0 Å². The normalized spacial score (nSPS) is 22.6. The Morgan fingerprint density at radius 2 is 2.00 bits per heavy atom. The van der Waals surface area contributed by atoms with E-state index in [2.05, 4.69) is 67.6 Å². The van der Waals surface area contributed by atoms with Gasteiger partial charge in [0.05, 0.1) is 17.5 Å². The summed E-state index contributed by atoms with van der Waals surface area (Å²) in [5.74, 6) is 0.209. The highest BCUT2D eigenvalue weighted by Gasteiger charge is 2.36. The quantitative estimate of drug-likeness (QED) is 0.861. The molecule has 0 saturated heterocycles. The van der Waals surface area contributed by atoms with E-state index >= 15 is 0 Å². The van der Waals surface area contributed by atoms with Gasteiger partial charge in [0.1, 0.15) is 0 Å². The van der Waals surface area contributed by atoms with Crippen LogP contribution in [0.4, 0.5) is 0 Å². The Bertz CT molecular complexity index is 859. The first-order valence-corrected chi connectivity index (χ1v) is 9.35. The topological polar surface area (TPSA) is 28.5 Å². The van der Waals surface area contributed by atoms with Gasteiger partial charge >= 0.3 is 0 Å². The summed E-state index contributed by atoms with van der Waals surface area (Å²) in [5, 5.41) is 1.30. The summed E-state index contributed by atoms with van der Waals surface area (Å²) >= 11 is 0. The van der Waals surface area contributed by atoms with Crippen LogP contribution in [0, 0.1) is 12.8 Å². The lowest BCUT2D eigenvalue weighted by Crippen LogP contribution is -2.48. The number of hydrogen-bond acceptors (Lipinski definition) is 2. The monoisotopic (exact) mass is 337 g/mol. The Hall–Kier alpha value is -2.07. The molecule has 3 heterocycles. The van der Waals surface area contributed by atoms with Crippen LogP contribution in [0.1, 0.15) is 25.1 Å². The number of carbonyl (C=O) groups is 1. The largest absolute Gasteiger partial charge is 0.343 e. The zero-order chi connectivity index (χ0) is 17.7. The molecular weight excluding hydrogens is 310 g/mol. The third-order valence-corrected chi connectivity index (χ3v) is 5.94. The van der Waals surface area contributed by atoms with Crippen LogP contribution in [0.3, 0.4) is 0 Å². The predicted molar refractivity (Wildman–Crippen MR) is 102 cm³/mol. The number of hydrogen-bond donors (Lipinski definition) is 0. The van der Waals surface area contributed by atoms with E-state index in [1.807, 2.05) is 4.90 Å². The van der Waals surface area contributed by atoms with Crippen LogP contribution in [0.25, 0.3) is 16.5 Å². The molecule has 0 radical (unpaired) electrons. The molecule has 1 aromatic heterocycles. The number of likely N-dealkylation sites (N-methyl/N-ethyl adjacent to an activating group) is 1. The summed E-state index contributed by atoms with van der Waals surface area (Å²) in [6.45, 7) is 9.63. The number of amides is 1. The second-order valence-electron chi connectivity index (χ2n) is 7.33. The number of carbonyl (C=O) groups excluding carboxylic acids is 1. The van der Waals surface area contributed by atoms with Crippen molar-refractivity contribution >= 4 is 22.4 Å². The van der Waals surface area contributed by atoms with Crippen molar-refractivity contribution < 1.29 is 4.79 Å². The van der Waals surface area contributed by atoms with Gasteiger partial charge in [0.2, 0.25) is 5.91 Å². The van der Waals surface area contributed by atoms with Gasteiger partial charge in [0.15, 0.2) is 0 Å². The first-order chi connectivity index (χ1) is 12.0. The van der Waals surface area contributed by atoms with E-state index in [-0.39, 0.29) is 11.8 Å². The van der Waals surface area contributed by atoms with Crippen molar-refractivity contribution in [1.82, 2.24) is 14.4 Å². The lowest BCUT2D eigenvalue weighted by atomic mass is 9.85. The Morgan fingerprint density at radius 3 is 2.72 bits per heavy atom. The molecule has 0 saturated carbocycles. The molecule has 2 atom stereocenters. The number of nitrogens with zero attached hydrogens (tertiary/aromatic N) is 3. The van der Waals surface area contributed by atoms with Crippen molar-refractivity contribution in [3.63, 3.8) is 0 Å². The van der Waals surface area contributed by atoms with Crippen molar-refractivity contribution in [2.45, 2.75) is 33.4 Å². The highest BCUT2D eigenvalue weighted by Crippen LogP contribution is 2.39. The molecule has 0 fully saturated rings. The van der Waals surface area contributed by atoms with E-state index in [0.29, 0.717) is 6.04 Å². The number of benzene rings is 1. The molecule has 0 aliphatic carbocycles. The van der Waals surface area contributed by atoms with Crippen molar-refractivity contribution in [1.29, 1.82) is 0 Å². The Morgan fingerprint density at radius 1 is 1.24 bits per heavy atom. The molecule has 132 valence electrons. The molecule has 1 aromatic carbocycles. The van der Waals surface area contributed by atoms with Crippen molar-refractivity contribution in [3.8, 4) is 0 Å². The van der Waals surface area contributed by atoms with E-state index in [9.17, 15) is 4.79 Å². The van der Waals surface area contributed by atoms with Crippen LogP contribution in [0.2, 0.25) is 0 Å². The molecule has 2 aliphatic heterocycles.